The van der Waals surface area contributed by atoms with Gasteiger partial charge >= 0.3 is 0 Å². The molecule has 0 aliphatic carbocycles. The molecule has 1 aliphatic heterocycles. The minimum absolute atomic E-state index is 0.165. The summed E-state index contributed by atoms with van der Waals surface area (Å²) in [6.45, 7) is 6.74. The molecule has 0 bridgehead atoms. The van der Waals surface area contributed by atoms with Crippen molar-refractivity contribution in [2.45, 2.75) is 26.8 Å². The number of ether oxygens (including phenoxy) is 2. The van der Waals surface area contributed by atoms with Gasteiger partial charge in [0.15, 0.2) is 4.80 Å². The first kappa shape index (κ1) is 23.6. The number of likely N-dealkylation sites (N-methyl/N-ethyl adjacent to an activating group) is 1. The topological polar surface area (TPSA) is 86.3 Å². The molecule has 1 aromatic carbocycles. The molecule has 0 spiro atoms. The maximum atomic E-state index is 13.7. The smallest absolute Gasteiger partial charge is 0.271 e. The normalized spacial score (nSPS) is 15.7. The Morgan fingerprint density at radius 3 is 2.62 bits per heavy atom. The van der Waals surface area contributed by atoms with E-state index in [2.05, 4.69) is 4.99 Å². The van der Waals surface area contributed by atoms with Gasteiger partial charge in [-0.15, -0.1) is 0 Å². The summed E-state index contributed by atoms with van der Waals surface area (Å²) >= 11 is 1.26. The van der Waals surface area contributed by atoms with Crippen molar-refractivity contribution in [3.8, 4) is 11.5 Å². The Morgan fingerprint density at radius 2 is 2.00 bits per heavy atom. The molecule has 34 heavy (non-hydrogen) atoms. The number of nitrogens with zero attached hydrogens (tertiary/aromatic N) is 3. The summed E-state index contributed by atoms with van der Waals surface area (Å²) in [4.78, 5) is 34.3. The number of aromatic nitrogens is 1. The molecule has 3 aromatic rings. The lowest BCUT2D eigenvalue weighted by Gasteiger charge is -2.30. The zero-order chi connectivity index (χ0) is 24.4. The summed E-state index contributed by atoms with van der Waals surface area (Å²) in [6.07, 6.45) is 3.24. The maximum absolute atomic E-state index is 13.7. The second-order valence-electron chi connectivity index (χ2n) is 7.68. The number of methoxy groups -OCH3 is 2. The molecule has 8 nitrogen and oxygen atoms in total. The van der Waals surface area contributed by atoms with E-state index in [1.54, 1.807) is 73.3 Å². The van der Waals surface area contributed by atoms with E-state index in [0.29, 0.717) is 56.5 Å². The molecule has 1 amide bonds. The standard InChI is InChI=1S/C25H27N3O5S/c1-6-27(7-2)24(30)21-15(3)26-25-28(23(29)20(34-25)14-17-9-8-12-33-17)22(21)18-13-16(31-4)10-11-19(18)32-5/h8-14,22H,6-7H2,1-5H3/b20-14+/t22-/m0/s1. The van der Waals surface area contributed by atoms with E-state index >= 15 is 0 Å². The number of hydrogen-bond donors (Lipinski definition) is 0. The average molecular weight is 482 g/mol. The molecule has 1 atom stereocenters. The molecule has 0 fully saturated rings. The number of carbonyl (C=O) groups is 1. The maximum Gasteiger partial charge on any atom is 0.271 e. The first-order valence-corrected chi connectivity index (χ1v) is 11.8. The minimum Gasteiger partial charge on any atom is -0.497 e. The summed E-state index contributed by atoms with van der Waals surface area (Å²) in [7, 11) is 3.14. The zero-order valence-corrected chi connectivity index (χ0v) is 20.6. The second-order valence-corrected chi connectivity index (χ2v) is 8.69. The molecule has 0 radical (unpaired) electrons. The molecular formula is C25H27N3O5S. The SMILES string of the molecule is CCN(CC)C(=O)C1=C(C)N=c2s/c(=C/c3ccco3)c(=O)n2[C@H]1c1cc(OC)ccc1OC. The van der Waals surface area contributed by atoms with Crippen molar-refractivity contribution in [3.05, 3.63) is 78.9 Å². The summed E-state index contributed by atoms with van der Waals surface area (Å²) in [5.41, 5.74) is 1.40. The second kappa shape index (κ2) is 9.72. The third-order valence-electron chi connectivity index (χ3n) is 5.85. The summed E-state index contributed by atoms with van der Waals surface area (Å²) in [6, 6.07) is 8.18. The number of allylic oxidation sites excluding steroid dienone is 1. The number of benzene rings is 1. The van der Waals surface area contributed by atoms with Crippen LogP contribution in [0.5, 0.6) is 11.5 Å². The Balaban J connectivity index is 2.04. The molecule has 178 valence electrons. The number of furan rings is 1. The van der Waals surface area contributed by atoms with Crippen LogP contribution in [0.4, 0.5) is 0 Å². The first-order valence-electron chi connectivity index (χ1n) is 11.0. The molecular weight excluding hydrogens is 454 g/mol. The number of thiazole rings is 1. The van der Waals surface area contributed by atoms with Gasteiger partial charge in [-0.2, -0.15) is 0 Å². The molecule has 0 saturated heterocycles. The molecule has 0 saturated carbocycles. The van der Waals surface area contributed by atoms with Crippen LogP contribution in [0, 0.1) is 0 Å². The molecule has 4 rings (SSSR count). The van der Waals surface area contributed by atoms with Gasteiger partial charge in [-0.1, -0.05) is 11.3 Å². The van der Waals surface area contributed by atoms with Crippen LogP contribution in [-0.4, -0.2) is 42.7 Å². The van der Waals surface area contributed by atoms with Gasteiger partial charge in [-0.05, 0) is 51.1 Å². The quantitative estimate of drug-likeness (QED) is 0.518. The van der Waals surface area contributed by atoms with Crippen molar-refractivity contribution in [3.63, 3.8) is 0 Å². The van der Waals surface area contributed by atoms with Crippen LogP contribution in [0.1, 0.15) is 38.1 Å². The first-order chi connectivity index (χ1) is 16.4. The van der Waals surface area contributed by atoms with Crippen LogP contribution in [0.15, 0.2) is 62.1 Å². The van der Waals surface area contributed by atoms with Crippen LogP contribution in [-0.2, 0) is 4.79 Å². The number of carbonyl (C=O) groups excluding carboxylic acids is 1. The van der Waals surface area contributed by atoms with Crippen LogP contribution in [0.2, 0.25) is 0 Å². The van der Waals surface area contributed by atoms with E-state index in [9.17, 15) is 9.59 Å². The molecule has 0 N–H and O–H groups in total. The van der Waals surface area contributed by atoms with Crippen LogP contribution >= 0.6 is 11.3 Å². The number of fused-ring (bicyclic) bond motifs is 1. The number of rotatable bonds is 7. The Bertz CT molecular complexity index is 1410. The molecule has 9 heteroatoms. The Hall–Kier alpha value is -3.59. The largest absolute Gasteiger partial charge is 0.497 e. The van der Waals surface area contributed by atoms with Crippen LogP contribution in [0.25, 0.3) is 6.08 Å². The van der Waals surface area contributed by atoms with Gasteiger partial charge in [0.1, 0.15) is 23.3 Å². The van der Waals surface area contributed by atoms with Gasteiger partial charge < -0.3 is 18.8 Å². The van der Waals surface area contributed by atoms with Gasteiger partial charge in [0.2, 0.25) is 0 Å². The highest BCUT2D eigenvalue weighted by Gasteiger charge is 2.36. The lowest BCUT2D eigenvalue weighted by molar-refractivity contribution is -0.127. The molecule has 3 heterocycles. The van der Waals surface area contributed by atoms with Crippen molar-refractivity contribution < 1.29 is 18.7 Å². The molecule has 1 aliphatic rings. The van der Waals surface area contributed by atoms with Crippen LogP contribution in [0.3, 0.4) is 0 Å². The van der Waals surface area contributed by atoms with Crippen molar-refractivity contribution >= 4 is 23.3 Å². The highest BCUT2D eigenvalue weighted by atomic mass is 32.1. The summed E-state index contributed by atoms with van der Waals surface area (Å²) < 4.78 is 18.6. The zero-order valence-electron chi connectivity index (χ0n) is 19.8. The van der Waals surface area contributed by atoms with Crippen molar-refractivity contribution in [2.24, 2.45) is 4.99 Å². The van der Waals surface area contributed by atoms with Crippen molar-refractivity contribution in [1.29, 1.82) is 0 Å². The van der Waals surface area contributed by atoms with Gasteiger partial charge in [0.25, 0.3) is 11.5 Å². The fourth-order valence-electron chi connectivity index (χ4n) is 4.13. The van der Waals surface area contributed by atoms with Crippen LogP contribution < -0.4 is 24.4 Å². The third kappa shape index (κ3) is 4.07. The van der Waals surface area contributed by atoms with E-state index in [1.165, 1.54) is 11.3 Å². The van der Waals surface area contributed by atoms with E-state index < -0.39 is 6.04 Å². The van der Waals surface area contributed by atoms with Gasteiger partial charge in [0, 0.05) is 24.7 Å². The molecule has 2 aromatic heterocycles. The van der Waals surface area contributed by atoms with E-state index in [-0.39, 0.29) is 11.5 Å². The fraction of sp³-hybridized carbons (Fsp3) is 0.320. The van der Waals surface area contributed by atoms with Crippen molar-refractivity contribution in [1.82, 2.24) is 9.47 Å². The number of hydrogen-bond acceptors (Lipinski definition) is 7. The Labute approximate surface area is 201 Å². The van der Waals surface area contributed by atoms with Gasteiger partial charge in [-0.3, -0.25) is 14.2 Å². The third-order valence-corrected chi connectivity index (χ3v) is 6.83. The monoisotopic (exact) mass is 481 g/mol. The minimum atomic E-state index is -0.729. The highest BCUT2D eigenvalue weighted by Crippen LogP contribution is 2.38. The summed E-state index contributed by atoms with van der Waals surface area (Å²) in [5, 5.41) is 0. The average Bonchev–Trinajstić information content (AvgIpc) is 3.46. The fourth-order valence-corrected chi connectivity index (χ4v) is 5.15. The Morgan fingerprint density at radius 1 is 1.24 bits per heavy atom. The lowest BCUT2D eigenvalue weighted by atomic mass is 9.93. The summed E-state index contributed by atoms with van der Waals surface area (Å²) in [5.74, 6) is 1.54. The molecule has 0 unspecified atom stereocenters. The van der Waals surface area contributed by atoms with E-state index in [4.69, 9.17) is 13.9 Å². The predicted molar refractivity (Wildman–Crippen MR) is 130 cm³/mol. The highest BCUT2D eigenvalue weighted by molar-refractivity contribution is 7.07. The van der Waals surface area contributed by atoms with E-state index in [0.717, 1.165) is 0 Å². The number of amides is 1. The Kier molecular flexibility index (Phi) is 6.74. The van der Waals surface area contributed by atoms with E-state index in [1.807, 2.05) is 13.8 Å². The van der Waals surface area contributed by atoms with Crippen molar-refractivity contribution in [2.75, 3.05) is 27.3 Å². The lowest BCUT2D eigenvalue weighted by Crippen LogP contribution is -2.43. The predicted octanol–water partition coefficient (Wildman–Crippen LogP) is 2.71. The van der Waals surface area contributed by atoms with Gasteiger partial charge in [0.05, 0.1) is 36.3 Å². The van der Waals surface area contributed by atoms with Gasteiger partial charge in [-0.25, -0.2) is 4.99 Å².